The molecule has 2 N–H and O–H groups in total. The maximum Gasteiger partial charge on any atom is 0.469 e. The van der Waals surface area contributed by atoms with Crippen LogP contribution in [0.4, 0.5) is 0 Å². The smallest absolute Gasteiger partial charge is 0.462 e. The van der Waals surface area contributed by atoms with Crippen LogP contribution in [0.3, 0.4) is 0 Å². The molecule has 0 aromatic rings. The summed E-state index contributed by atoms with van der Waals surface area (Å²) >= 11 is 0. The van der Waals surface area contributed by atoms with Crippen LogP contribution in [-0.4, -0.2) is 41.0 Å². The van der Waals surface area contributed by atoms with E-state index in [0.717, 1.165) is 64.2 Å². The fraction of sp³-hybridized carbons (Fsp3) is 0.487. The Kier molecular flexibility index (Phi) is 31.3. The molecule has 0 aliphatic carbocycles. The summed E-state index contributed by atoms with van der Waals surface area (Å²) in [5.74, 6) is -1.10. The largest absolute Gasteiger partial charge is 0.469 e. The van der Waals surface area contributed by atoms with Crippen molar-refractivity contribution in [2.24, 2.45) is 0 Å². The van der Waals surface area contributed by atoms with Crippen molar-refractivity contribution in [3.63, 3.8) is 0 Å². The molecule has 0 bridgehead atoms. The summed E-state index contributed by atoms with van der Waals surface area (Å²) in [4.78, 5) is 42.5. The number of phosphoric ester groups is 1. The van der Waals surface area contributed by atoms with Crippen molar-refractivity contribution in [3.8, 4) is 0 Å². The first-order chi connectivity index (χ1) is 23.3. The Hall–Kier alpha value is -3.29. The van der Waals surface area contributed by atoms with Gasteiger partial charge in [0.05, 0.1) is 13.0 Å². The highest BCUT2D eigenvalue weighted by atomic mass is 31.2. The molecule has 48 heavy (non-hydrogen) atoms. The fourth-order valence-electron chi connectivity index (χ4n) is 3.85. The summed E-state index contributed by atoms with van der Waals surface area (Å²) in [7, 11) is -4.79. The zero-order chi connectivity index (χ0) is 35.4. The number of hydrogen-bond donors (Lipinski definition) is 2. The Labute approximate surface area is 289 Å². The first kappa shape index (κ1) is 44.7. The summed E-state index contributed by atoms with van der Waals surface area (Å²) < 4.78 is 26.1. The van der Waals surface area contributed by atoms with E-state index in [1.54, 1.807) is 6.08 Å². The molecule has 0 radical (unpaired) electrons. The Morgan fingerprint density at radius 2 is 0.979 bits per heavy atom. The van der Waals surface area contributed by atoms with Gasteiger partial charge in [-0.3, -0.25) is 14.1 Å². The number of carbonyl (C=O) groups is 2. The summed E-state index contributed by atoms with van der Waals surface area (Å²) in [5.41, 5.74) is 0. The molecule has 268 valence electrons. The van der Waals surface area contributed by atoms with Gasteiger partial charge in [0.2, 0.25) is 0 Å². The molecule has 8 nitrogen and oxygen atoms in total. The van der Waals surface area contributed by atoms with Crippen LogP contribution in [0.2, 0.25) is 0 Å². The van der Waals surface area contributed by atoms with Gasteiger partial charge in [0.25, 0.3) is 0 Å². The van der Waals surface area contributed by atoms with Crippen LogP contribution in [0, 0.1) is 0 Å². The molecular weight excluding hydrogens is 627 g/mol. The highest BCUT2D eigenvalue weighted by Crippen LogP contribution is 2.35. The SMILES string of the molecule is CC/C=C\C/C=C\C/C=C\C/C=C\C/C=C\CC(=O)OC(COC(=O)CCCC/C=C\C/C=C\C/C=C\C/C=C\CC)COP(=O)(O)O. The van der Waals surface area contributed by atoms with Crippen molar-refractivity contribution in [1.82, 2.24) is 0 Å². The number of esters is 2. The quantitative estimate of drug-likeness (QED) is 0.0345. The average Bonchev–Trinajstić information content (AvgIpc) is 3.05. The van der Waals surface area contributed by atoms with E-state index in [4.69, 9.17) is 19.3 Å². The molecule has 0 aromatic carbocycles. The van der Waals surface area contributed by atoms with Crippen LogP contribution in [-0.2, 0) is 28.2 Å². The van der Waals surface area contributed by atoms with E-state index in [9.17, 15) is 14.2 Å². The van der Waals surface area contributed by atoms with E-state index < -0.39 is 32.5 Å². The molecule has 9 heteroatoms. The van der Waals surface area contributed by atoms with Gasteiger partial charge in [-0.25, -0.2) is 4.57 Å². The Morgan fingerprint density at radius 1 is 0.562 bits per heavy atom. The number of rotatable bonds is 29. The zero-order valence-corrected chi connectivity index (χ0v) is 30.0. The van der Waals surface area contributed by atoms with Crippen LogP contribution in [0.5, 0.6) is 0 Å². The minimum absolute atomic E-state index is 0.0365. The van der Waals surface area contributed by atoms with Crippen LogP contribution >= 0.6 is 7.82 Å². The molecule has 0 spiro atoms. The topological polar surface area (TPSA) is 119 Å². The van der Waals surface area contributed by atoms with Gasteiger partial charge in [-0.05, 0) is 77.0 Å². The van der Waals surface area contributed by atoms with Gasteiger partial charge in [-0.2, -0.15) is 0 Å². The van der Waals surface area contributed by atoms with E-state index in [1.807, 2.05) is 18.2 Å². The highest BCUT2D eigenvalue weighted by molar-refractivity contribution is 7.46. The van der Waals surface area contributed by atoms with Gasteiger partial charge >= 0.3 is 19.8 Å². The number of phosphoric acid groups is 1. The molecule has 0 aliphatic rings. The second kappa shape index (κ2) is 33.6. The third-order valence-electron chi connectivity index (χ3n) is 6.32. The van der Waals surface area contributed by atoms with E-state index >= 15 is 0 Å². The van der Waals surface area contributed by atoms with Crippen LogP contribution < -0.4 is 0 Å². The van der Waals surface area contributed by atoms with Gasteiger partial charge in [0.15, 0.2) is 6.10 Å². The Balaban J connectivity index is 4.27. The maximum absolute atomic E-state index is 12.3. The zero-order valence-electron chi connectivity index (χ0n) is 29.1. The molecule has 0 aliphatic heterocycles. The Morgan fingerprint density at radius 3 is 1.42 bits per heavy atom. The molecule has 0 rings (SSSR count). The van der Waals surface area contributed by atoms with Crippen molar-refractivity contribution in [2.45, 2.75) is 110 Å². The second-order valence-corrected chi connectivity index (χ2v) is 12.0. The lowest BCUT2D eigenvalue weighted by Crippen LogP contribution is -2.29. The van der Waals surface area contributed by atoms with Gasteiger partial charge in [0, 0.05) is 6.42 Å². The lowest BCUT2D eigenvalue weighted by molar-refractivity contribution is -0.160. The first-order valence-electron chi connectivity index (χ1n) is 17.2. The lowest BCUT2D eigenvalue weighted by atomic mass is 10.2. The summed E-state index contributed by atoms with van der Waals surface area (Å²) in [6.07, 6.45) is 47.0. The number of unbranched alkanes of at least 4 members (excludes halogenated alkanes) is 2. The molecule has 1 unspecified atom stereocenters. The number of carbonyl (C=O) groups excluding carboxylic acids is 2. The van der Waals surface area contributed by atoms with Crippen molar-refractivity contribution in [1.29, 1.82) is 0 Å². The molecule has 0 amide bonds. The standard InChI is InChI=1S/C39H59O8P/c1-3-5-7-9-11-13-15-17-19-21-23-25-27-29-31-33-38(40)45-35-37(36-46-48(42,43)44)47-39(41)34-32-30-28-26-24-22-20-18-16-14-12-10-8-6-4-2/h5-8,11-14,17-20,23-26,30,32,37H,3-4,9-10,15-16,21-22,27-29,31,33-36H2,1-2H3,(H2,42,43,44)/b7-5-,8-6-,13-11-,14-12-,19-17-,20-18-,25-23-,26-24-,32-30-. The number of ether oxygens (including phenoxy) is 2. The van der Waals surface area contributed by atoms with Crippen molar-refractivity contribution in [2.75, 3.05) is 13.2 Å². The average molecular weight is 687 g/mol. The molecular formula is C39H59O8P. The van der Waals surface area contributed by atoms with Crippen molar-refractivity contribution >= 4 is 19.8 Å². The van der Waals surface area contributed by atoms with Gasteiger partial charge in [-0.1, -0.05) is 123 Å². The van der Waals surface area contributed by atoms with E-state index in [2.05, 4.69) is 103 Å². The lowest BCUT2D eigenvalue weighted by Gasteiger charge is -2.18. The molecule has 0 heterocycles. The van der Waals surface area contributed by atoms with Gasteiger partial charge in [-0.15, -0.1) is 0 Å². The van der Waals surface area contributed by atoms with Crippen molar-refractivity contribution < 1.29 is 37.9 Å². The number of allylic oxidation sites excluding steroid dienone is 17. The predicted octanol–water partition coefficient (Wildman–Crippen LogP) is 10.1. The van der Waals surface area contributed by atoms with Gasteiger partial charge in [0.1, 0.15) is 6.61 Å². The third kappa shape index (κ3) is 35.6. The third-order valence-corrected chi connectivity index (χ3v) is 6.81. The molecule has 0 aromatic heterocycles. The molecule has 0 saturated heterocycles. The Bertz CT molecular complexity index is 1130. The highest BCUT2D eigenvalue weighted by Gasteiger charge is 2.22. The van der Waals surface area contributed by atoms with Crippen LogP contribution in [0.15, 0.2) is 109 Å². The number of hydrogen-bond acceptors (Lipinski definition) is 6. The van der Waals surface area contributed by atoms with E-state index in [-0.39, 0.29) is 19.4 Å². The van der Waals surface area contributed by atoms with Crippen LogP contribution in [0.1, 0.15) is 104 Å². The predicted molar refractivity (Wildman–Crippen MR) is 197 cm³/mol. The maximum atomic E-state index is 12.3. The summed E-state index contributed by atoms with van der Waals surface area (Å²) in [6.45, 7) is 3.29. The van der Waals surface area contributed by atoms with E-state index in [0.29, 0.717) is 12.8 Å². The second-order valence-electron chi connectivity index (χ2n) is 10.7. The monoisotopic (exact) mass is 686 g/mol. The van der Waals surface area contributed by atoms with Gasteiger partial charge < -0.3 is 19.3 Å². The summed E-state index contributed by atoms with van der Waals surface area (Å²) in [6, 6.07) is 0. The minimum Gasteiger partial charge on any atom is -0.462 e. The molecule has 0 saturated carbocycles. The minimum atomic E-state index is -4.79. The van der Waals surface area contributed by atoms with Crippen LogP contribution in [0.25, 0.3) is 0 Å². The first-order valence-corrected chi connectivity index (χ1v) is 18.7. The summed E-state index contributed by atoms with van der Waals surface area (Å²) in [5, 5.41) is 0. The van der Waals surface area contributed by atoms with Crippen molar-refractivity contribution in [3.05, 3.63) is 109 Å². The normalized spacial score (nSPS) is 13.8. The molecule has 0 fully saturated rings. The van der Waals surface area contributed by atoms with E-state index in [1.165, 1.54) is 0 Å². The fourth-order valence-corrected chi connectivity index (χ4v) is 4.21. The molecule has 1 atom stereocenters.